The maximum atomic E-state index is 6.04. The van der Waals surface area contributed by atoms with Crippen LogP contribution in [0.15, 0.2) is 34.9 Å². The molecule has 2 rings (SSSR count). The Labute approximate surface area is 149 Å². The van der Waals surface area contributed by atoms with Gasteiger partial charge in [0.1, 0.15) is 10.7 Å². The van der Waals surface area contributed by atoms with Crippen molar-refractivity contribution in [3.63, 3.8) is 0 Å². The van der Waals surface area contributed by atoms with E-state index in [1.807, 2.05) is 30.5 Å². The van der Waals surface area contributed by atoms with Gasteiger partial charge >= 0.3 is 0 Å². The summed E-state index contributed by atoms with van der Waals surface area (Å²) in [4.78, 5) is 5.06. The molecule has 1 atom stereocenters. The highest BCUT2D eigenvalue weighted by molar-refractivity contribution is 9.10. The van der Waals surface area contributed by atoms with Crippen LogP contribution >= 0.6 is 39.9 Å². The predicted molar refractivity (Wildman–Crippen MR) is 103 cm³/mol. The SMILES string of the molecule is CSC(Oc1ccc2ncc(Br)cc2c1)C(=S)NC(C)(C)C. The summed E-state index contributed by atoms with van der Waals surface area (Å²) in [6.45, 7) is 6.24. The minimum Gasteiger partial charge on any atom is -0.473 e. The molecule has 3 nitrogen and oxygen atoms in total. The fraction of sp³-hybridized carbons (Fsp3) is 0.375. The number of thioether (sulfide) groups is 1. The Morgan fingerprint density at radius 2 is 2.09 bits per heavy atom. The zero-order valence-electron chi connectivity index (χ0n) is 13.0. The smallest absolute Gasteiger partial charge is 0.194 e. The molecule has 1 heterocycles. The van der Waals surface area contributed by atoms with Crippen LogP contribution in [-0.2, 0) is 0 Å². The van der Waals surface area contributed by atoms with E-state index in [2.05, 4.69) is 47.0 Å². The third-order valence-corrected chi connectivity index (χ3v) is 4.45. The molecule has 0 aliphatic heterocycles. The molecule has 1 N–H and O–H groups in total. The third-order valence-electron chi connectivity index (χ3n) is 2.79. The topological polar surface area (TPSA) is 34.1 Å². The lowest BCUT2D eigenvalue weighted by molar-refractivity contribution is 0.340. The maximum Gasteiger partial charge on any atom is 0.194 e. The second-order valence-corrected chi connectivity index (χ2v) is 8.19. The van der Waals surface area contributed by atoms with E-state index < -0.39 is 0 Å². The van der Waals surface area contributed by atoms with Crippen molar-refractivity contribution in [1.82, 2.24) is 10.3 Å². The zero-order valence-corrected chi connectivity index (χ0v) is 16.2. The Bertz CT molecular complexity index is 685. The Balaban J connectivity index is 2.18. The first-order chi connectivity index (χ1) is 10.3. The Morgan fingerprint density at radius 3 is 2.73 bits per heavy atom. The molecule has 22 heavy (non-hydrogen) atoms. The van der Waals surface area contributed by atoms with Gasteiger partial charge in [-0.25, -0.2) is 0 Å². The molecule has 0 spiro atoms. The van der Waals surface area contributed by atoms with Gasteiger partial charge in [0.15, 0.2) is 5.44 Å². The van der Waals surface area contributed by atoms with Gasteiger partial charge in [-0.15, -0.1) is 11.8 Å². The summed E-state index contributed by atoms with van der Waals surface area (Å²) in [6.07, 6.45) is 3.77. The number of halogens is 1. The van der Waals surface area contributed by atoms with Crippen molar-refractivity contribution in [2.75, 3.05) is 6.26 Å². The van der Waals surface area contributed by atoms with E-state index in [1.54, 1.807) is 18.0 Å². The second-order valence-electron chi connectivity index (χ2n) is 5.93. The van der Waals surface area contributed by atoms with Gasteiger partial charge in [0.25, 0.3) is 0 Å². The van der Waals surface area contributed by atoms with Crippen molar-refractivity contribution in [2.45, 2.75) is 31.7 Å². The van der Waals surface area contributed by atoms with Crippen LogP contribution in [0.1, 0.15) is 20.8 Å². The van der Waals surface area contributed by atoms with E-state index in [4.69, 9.17) is 17.0 Å². The molecule has 0 saturated carbocycles. The number of hydrogen-bond acceptors (Lipinski definition) is 4. The van der Waals surface area contributed by atoms with Crippen LogP contribution in [0.2, 0.25) is 0 Å². The fourth-order valence-corrected chi connectivity index (χ4v) is 3.39. The van der Waals surface area contributed by atoms with E-state index in [0.29, 0.717) is 4.99 Å². The van der Waals surface area contributed by atoms with Gasteiger partial charge in [0, 0.05) is 21.6 Å². The lowest BCUT2D eigenvalue weighted by Crippen LogP contribution is -2.45. The first-order valence-electron chi connectivity index (χ1n) is 6.85. The first kappa shape index (κ1) is 17.5. The number of nitrogens with one attached hydrogen (secondary N) is 1. The quantitative estimate of drug-likeness (QED) is 0.591. The van der Waals surface area contributed by atoms with E-state index in [1.165, 1.54) is 0 Å². The molecule has 0 saturated heterocycles. The van der Waals surface area contributed by atoms with E-state index >= 15 is 0 Å². The van der Waals surface area contributed by atoms with E-state index in [-0.39, 0.29) is 11.0 Å². The van der Waals surface area contributed by atoms with Gasteiger partial charge in [-0.2, -0.15) is 0 Å². The number of nitrogens with zero attached hydrogens (tertiary/aromatic N) is 1. The maximum absolute atomic E-state index is 6.04. The average Bonchev–Trinajstić information content (AvgIpc) is 2.42. The van der Waals surface area contributed by atoms with Crippen LogP contribution in [0.5, 0.6) is 5.75 Å². The van der Waals surface area contributed by atoms with Crippen LogP contribution < -0.4 is 10.1 Å². The molecule has 0 radical (unpaired) electrons. The van der Waals surface area contributed by atoms with E-state index in [0.717, 1.165) is 21.1 Å². The molecular weight excluding hydrogens is 380 g/mol. The normalized spacial score (nSPS) is 13.0. The largest absolute Gasteiger partial charge is 0.473 e. The molecule has 0 aliphatic carbocycles. The summed E-state index contributed by atoms with van der Waals surface area (Å²) in [5, 5.41) is 4.33. The molecular formula is C16H19BrN2OS2. The van der Waals surface area contributed by atoms with Gasteiger partial charge in [-0.1, -0.05) is 12.2 Å². The van der Waals surface area contributed by atoms with Crippen molar-refractivity contribution >= 4 is 55.8 Å². The number of ether oxygens (including phenoxy) is 1. The van der Waals surface area contributed by atoms with Crippen LogP contribution in [0, 0.1) is 0 Å². The number of aromatic nitrogens is 1. The predicted octanol–water partition coefficient (Wildman–Crippen LogP) is 4.78. The Morgan fingerprint density at radius 1 is 1.36 bits per heavy atom. The minimum atomic E-state index is -0.216. The van der Waals surface area contributed by atoms with Crippen LogP contribution in [0.4, 0.5) is 0 Å². The Kier molecular flexibility index (Phi) is 5.69. The molecule has 0 fully saturated rings. The van der Waals surface area contributed by atoms with Crippen molar-refractivity contribution in [3.8, 4) is 5.75 Å². The van der Waals surface area contributed by atoms with Gasteiger partial charge in [0.2, 0.25) is 0 Å². The summed E-state index contributed by atoms with van der Waals surface area (Å²) in [7, 11) is 0. The average molecular weight is 399 g/mol. The molecule has 1 unspecified atom stereocenters. The standard InChI is InChI=1S/C16H19BrN2OS2/c1-16(2,3)19-14(21)15(22-4)20-12-5-6-13-10(8-12)7-11(17)9-18-13/h5-9,15H,1-4H3,(H,19,21). The van der Waals surface area contributed by atoms with E-state index in [9.17, 15) is 0 Å². The van der Waals surface area contributed by atoms with Crippen molar-refractivity contribution in [1.29, 1.82) is 0 Å². The molecule has 0 bridgehead atoms. The number of benzene rings is 1. The van der Waals surface area contributed by atoms with Crippen LogP contribution in [0.3, 0.4) is 0 Å². The highest BCUT2D eigenvalue weighted by Crippen LogP contribution is 2.25. The van der Waals surface area contributed by atoms with Gasteiger partial charge in [0.05, 0.1) is 5.52 Å². The summed E-state index contributed by atoms with van der Waals surface area (Å²) in [5.41, 5.74) is 0.644. The monoisotopic (exact) mass is 398 g/mol. The highest BCUT2D eigenvalue weighted by Gasteiger charge is 2.20. The van der Waals surface area contributed by atoms with Crippen molar-refractivity contribution in [3.05, 3.63) is 34.9 Å². The van der Waals surface area contributed by atoms with Crippen molar-refractivity contribution < 1.29 is 4.74 Å². The summed E-state index contributed by atoms with van der Waals surface area (Å²) >= 11 is 10.5. The molecule has 6 heteroatoms. The molecule has 118 valence electrons. The molecule has 0 amide bonds. The van der Waals surface area contributed by atoms with Gasteiger partial charge in [-0.05, 0) is 67.2 Å². The van der Waals surface area contributed by atoms with Crippen LogP contribution in [-0.4, -0.2) is 27.2 Å². The highest BCUT2D eigenvalue weighted by atomic mass is 79.9. The van der Waals surface area contributed by atoms with Crippen molar-refractivity contribution in [2.24, 2.45) is 0 Å². The number of hydrogen-bond donors (Lipinski definition) is 1. The number of pyridine rings is 1. The first-order valence-corrected chi connectivity index (χ1v) is 9.34. The summed E-state index contributed by atoms with van der Waals surface area (Å²) < 4.78 is 6.98. The molecule has 0 aliphatic rings. The lowest BCUT2D eigenvalue weighted by atomic mass is 10.1. The second kappa shape index (κ2) is 7.15. The molecule has 2 aromatic rings. The number of thiocarbonyl (C=S) groups is 1. The molecule has 1 aromatic carbocycles. The number of rotatable bonds is 4. The lowest BCUT2D eigenvalue weighted by Gasteiger charge is -2.26. The third kappa shape index (κ3) is 4.83. The van der Waals surface area contributed by atoms with Gasteiger partial charge < -0.3 is 10.1 Å². The van der Waals surface area contributed by atoms with Gasteiger partial charge in [-0.3, -0.25) is 4.98 Å². The Hall–Kier alpha value is -0.850. The zero-order chi connectivity index (χ0) is 16.3. The summed E-state index contributed by atoms with van der Waals surface area (Å²) in [5.74, 6) is 0.782. The summed E-state index contributed by atoms with van der Waals surface area (Å²) in [6, 6.07) is 7.88. The number of fused-ring (bicyclic) bond motifs is 1. The molecule has 1 aromatic heterocycles. The fourth-order valence-electron chi connectivity index (χ4n) is 1.92. The van der Waals surface area contributed by atoms with Crippen LogP contribution in [0.25, 0.3) is 10.9 Å². The minimum absolute atomic E-state index is 0.0768.